The molecule has 0 fully saturated rings. The highest BCUT2D eigenvalue weighted by Gasteiger charge is 2.15. The molecule has 0 aliphatic heterocycles. The molecule has 0 spiro atoms. The first kappa shape index (κ1) is 17.6. The van der Waals surface area contributed by atoms with Gasteiger partial charge in [0.1, 0.15) is 5.82 Å². The summed E-state index contributed by atoms with van der Waals surface area (Å²) in [7, 11) is 1.83. The number of nitrogens with one attached hydrogen (secondary N) is 1. The molecule has 2 aromatic heterocycles. The van der Waals surface area contributed by atoms with Gasteiger partial charge in [0.25, 0.3) is 0 Å². The lowest BCUT2D eigenvalue weighted by Crippen LogP contribution is -2.27. The van der Waals surface area contributed by atoms with Crippen molar-refractivity contribution in [2.24, 2.45) is 7.05 Å². The summed E-state index contributed by atoms with van der Waals surface area (Å²) in [5, 5.41) is 13.8. The van der Waals surface area contributed by atoms with Gasteiger partial charge in [-0.3, -0.25) is 4.79 Å². The summed E-state index contributed by atoms with van der Waals surface area (Å²) in [6, 6.07) is 10.0. The van der Waals surface area contributed by atoms with E-state index >= 15 is 0 Å². The average Bonchev–Trinajstić information content (AvgIpc) is 3.24. The smallest absolute Gasteiger partial charge is 0.230 e. The number of benzene rings is 1. The van der Waals surface area contributed by atoms with Crippen molar-refractivity contribution in [2.75, 3.05) is 5.75 Å². The van der Waals surface area contributed by atoms with E-state index < -0.39 is 0 Å². The molecule has 25 heavy (non-hydrogen) atoms. The number of thioether (sulfide) groups is 1. The Morgan fingerprint density at radius 1 is 1.32 bits per heavy atom. The Hall–Kier alpha value is -2.19. The minimum atomic E-state index is -0.294. The zero-order valence-electron chi connectivity index (χ0n) is 13.8. The molecule has 1 amide bonds. The molecule has 5 nitrogen and oxygen atoms in total. The van der Waals surface area contributed by atoms with Gasteiger partial charge in [0.2, 0.25) is 5.91 Å². The first-order valence-corrected chi connectivity index (χ1v) is 9.52. The number of carbonyl (C=O) groups is 1. The van der Waals surface area contributed by atoms with Crippen LogP contribution in [0.3, 0.4) is 0 Å². The second-order valence-electron chi connectivity index (χ2n) is 5.47. The molecular weight excluding hydrogens is 359 g/mol. The molecule has 0 saturated carbocycles. The van der Waals surface area contributed by atoms with Crippen LogP contribution >= 0.6 is 23.1 Å². The molecule has 1 N–H and O–H groups in total. The van der Waals surface area contributed by atoms with E-state index in [1.807, 2.05) is 31.5 Å². The molecule has 2 heterocycles. The maximum Gasteiger partial charge on any atom is 0.230 e. The van der Waals surface area contributed by atoms with Gasteiger partial charge in [0.05, 0.1) is 11.8 Å². The highest BCUT2D eigenvalue weighted by atomic mass is 32.2. The van der Waals surface area contributed by atoms with E-state index in [2.05, 4.69) is 15.5 Å². The normalized spacial score (nSPS) is 12.1. The van der Waals surface area contributed by atoms with E-state index in [4.69, 9.17) is 0 Å². The number of rotatable bonds is 6. The summed E-state index contributed by atoms with van der Waals surface area (Å²) >= 11 is 2.94. The Labute approximate surface area is 153 Å². The SMILES string of the molecule is C[C@@H](NC(=O)CSc1nnc(-c2ccc(F)cc2)n1C)c1cccs1. The van der Waals surface area contributed by atoms with E-state index in [1.165, 1.54) is 23.9 Å². The third kappa shape index (κ3) is 4.26. The fraction of sp³-hybridized carbons (Fsp3) is 0.235. The van der Waals surface area contributed by atoms with Crippen LogP contribution < -0.4 is 5.32 Å². The number of hydrogen-bond donors (Lipinski definition) is 1. The van der Waals surface area contributed by atoms with Crippen LogP contribution in [-0.2, 0) is 11.8 Å². The number of nitrogens with zero attached hydrogens (tertiary/aromatic N) is 3. The van der Waals surface area contributed by atoms with Crippen molar-refractivity contribution in [3.8, 4) is 11.4 Å². The predicted molar refractivity (Wildman–Crippen MR) is 98.0 cm³/mol. The number of hydrogen-bond acceptors (Lipinski definition) is 5. The second-order valence-corrected chi connectivity index (χ2v) is 7.39. The molecule has 8 heteroatoms. The van der Waals surface area contributed by atoms with Crippen LogP contribution in [0.15, 0.2) is 46.9 Å². The molecule has 0 saturated heterocycles. The molecule has 1 atom stereocenters. The quantitative estimate of drug-likeness (QED) is 0.667. The van der Waals surface area contributed by atoms with Crippen molar-refractivity contribution in [1.82, 2.24) is 20.1 Å². The van der Waals surface area contributed by atoms with Crippen molar-refractivity contribution in [1.29, 1.82) is 0 Å². The summed E-state index contributed by atoms with van der Waals surface area (Å²) in [5.74, 6) is 0.537. The van der Waals surface area contributed by atoms with Gasteiger partial charge >= 0.3 is 0 Å². The number of thiophene rings is 1. The maximum atomic E-state index is 13.0. The van der Waals surface area contributed by atoms with Crippen LogP contribution in [0.1, 0.15) is 17.8 Å². The molecule has 0 unspecified atom stereocenters. The van der Waals surface area contributed by atoms with Crippen LogP contribution in [0.5, 0.6) is 0 Å². The summed E-state index contributed by atoms with van der Waals surface area (Å²) in [4.78, 5) is 13.2. The summed E-state index contributed by atoms with van der Waals surface area (Å²) in [6.07, 6.45) is 0. The molecule has 0 radical (unpaired) electrons. The zero-order chi connectivity index (χ0) is 17.8. The summed E-state index contributed by atoms with van der Waals surface area (Å²) in [5.41, 5.74) is 0.777. The number of amides is 1. The van der Waals surface area contributed by atoms with Gasteiger partial charge in [0, 0.05) is 17.5 Å². The fourth-order valence-electron chi connectivity index (χ4n) is 2.31. The minimum Gasteiger partial charge on any atom is -0.348 e. The van der Waals surface area contributed by atoms with Crippen molar-refractivity contribution in [3.63, 3.8) is 0 Å². The van der Waals surface area contributed by atoms with Crippen molar-refractivity contribution >= 4 is 29.0 Å². The molecule has 3 aromatic rings. The van der Waals surface area contributed by atoms with Crippen molar-refractivity contribution < 1.29 is 9.18 Å². The largest absolute Gasteiger partial charge is 0.348 e. The Balaban J connectivity index is 1.60. The third-order valence-electron chi connectivity index (χ3n) is 3.62. The van der Waals surface area contributed by atoms with Gasteiger partial charge in [-0.2, -0.15) is 0 Å². The minimum absolute atomic E-state index is 0.0117. The molecule has 1 aromatic carbocycles. The van der Waals surface area contributed by atoms with Crippen molar-refractivity contribution in [3.05, 3.63) is 52.5 Å². The first-order chi connectivity index (χ1) is 12.0. The molecule has 3 rings (SSSR count). The van der Waals surface area contributed by atoms with Crippen LogP contribution in [0.2, 0.25) is 0 Å². The maximum absolute atomic E-state index is 13.0. The topological polar surface area (TPSA) is 59.8 Å². The predicted octanol–water partition coefficient (Wildman–Crippen LogP) is 3.65. The highest BCUT2D eigenvalue weighted by molar-refractivity contribution is 7.99. The lowest BCUT2D eigenvalue weighted by molar-refractivity contribution is -0.119. The van der Waals surface area contributed by atoms with Gasteiger partial charge in [-0.15, -0.1) is 21.5 Å². The lowest BCUT2D eigenvalue weighted by Gasteiger charge is -2.11. The average molecular weight is 376 g/mol. The van der Waals surface area contributed by atoms with Gasteiger partial charge in [0.15, 0.2) is 11.0 Å². The highest BCUT2D eigenvalue weighted by Crippen LogP contribution is 2.23. The van der Waals surface area contributed by atoms with E-state index in [0.717, 1.165) is 10.4 Å². The second kappa shape index (κ2) is 7.79. The molecule has 0 bridgehead atoms. The third-order valence-corrected chi connectivity index (χ3v) is 5.69. The number of halogens is 1. The van der Waals surface area contributed by atoms with Gasteiger partial charge < -0.3 is 9.88 Å². The summed E-state index contributed by atoms with van der Waals surface area (Å²) in [6.45, 7) is 1.96. The molecule has 0 aliphatic rings. The summed E-state index contributed by atoms with van der Waals surface area (Å²) < 4.78 is 14.8. The monoisotopic (exact) mass is 376 g/mol. The first-order valence-electron chi connectivity index (χ1n) is 7.65. The van der Waals surface area contributed by atoms with Gasteiger partial charge in [-0.1, -0.05) is 17.8 Å². The van der Waals surface area contributed by atoms with Crippen molar-refractivity contribution in [2.45, 2.75) is 18.1 Å². The Morgan fingerprint density at radius 2 is 2.08 bits per heavy atom. The lowest BCUT2D eigenvalue weighted by atomic mass is 10.2. The van der Waals surface area contributed by atoms with E-state index in [-0.39, 0.29) is 23.5 Å². The fourth-order valence-corrected chi connectivity index (χ4v) is 3.77. The van der Waals surface area contributed by atoms with Crippen LogP contribution in [-0.4, -0.2) is 26.4 Å². The standard InChI is InChI=1S/C17H17FN4OS2/c1-11(14-4-3-9-24-14)19-15(23)10-25-17-21-20-16(22(17)2)12-5-7-13(18)8-6-12/h3-9,11H,10H2,1-2H3,(H,19,23)/t11-/m1/s1. The van der Waals surface area contributed by atoms with E-state index in [0.29, 0.717) is 11.0 Å². The van der Waals surface area contributed by atoms with Crippen LogP contribution in [0.25, 0.3) is 11.4 Å². The van der Waals surface area contributed by atoms with Crippen LogP contribution in [0, 0.1) is 5.82 Å². The van der Waals surface area contributed by atoms with Gasteiger partial charge in [-0.05, 0) is 42.6 Å². The molecule has 0 aliphatic carbocycles. The number of carbonyl (C=O) groups excluding carboxylic acids is 1. The molecule has 130 valence electrons. The zero-order valence-corrected chi connectivity index (χ0v) is 15.4. The number of aromatic nitrogens is 3. The van der Waals surface area contributed by atoms with Gasteiger partial charge in [-0.25, -0.2) is 4.39 Å². The Kier molecular flexibility index (Phi) is 5.50. The molecular formula is C17H17FN4OS2. The van der Waals surface area contributed by atoms with Crippen LogP contribution in [0.4, 0.5) is 4.39 Å². The van der Waals surface area contributed by atoms with E-state index in [9.17, 15) is 9.18 Å². The Morgan fingerprint density at radius 3 is 2.76 bits per heavy atom. The Bertz CT molecular complexity index is 846. The van der Waals surface area contributed by atoms with E-state index in [1.54, 1.807) is 28.0 Å².